The number of benzene rings is 3. The van der Waals surface area contributed by atoms with Crippen molar-refractivity contribution >= 4 is 22.4 Å². The number of ether oxygens (including phenoxy) is 2. The van der Waals surface area contributed by atoms with Crippen LogP contribution in [-0.4, -0.2) is 20.1 Å². The maximum atomic E-state index is 12.4. The van der Waals surface area contributed by atoms with Crippen LogP contribution in [0, 0.1) is 0 Å². The summed E-state index contributed by atoms with van der Waals surface area (Å²) in [4.78, 5) is 12.4. The molecule has 0 spiro atoms. The van der Waals surface area contributed by atoms with Crippen molar-refractivity contribution in [1.82, 2.24) is 0 Å². The van der Waals surface area contributed by atoms with Gasteiger partial charge in [-0.15, -0.1) is 0 Å². The predicted octanol–water partition coefficient (Wildman–Crippen LogP) is 4.33. The Morgan fingerprint density at radius 1 is 0.960 bits per heavy atom. The van der Waals surface area contributed by atoms with E-state index in [-0.39, 0.29) is 11.8 Å². The van der Waals surface area contributed by atoms with Crippen molar-refractivity contribution in [3.05, 3.63) is 65.7 Å². The molecule has 1 aliphatic rings. The van der Waals surface area contributed by atoms with Crippen LogP contribution >= 0.6 is 0 Å². The van der Waals surface area contributed by atoms with E-state index in [1.807, 2.05) is 36.4 Å². The number of methoxy groups -OCH3 is 2. The van der Waals surface area contributed by atoms with Gasteiger partial charge in [0.15, 0.2) is 0 Å². The molecule has 126 valence electrons. The van der Waals surface area contributed by atoms with Crippen LogP contribution in [0.3, 0.4) is 0 Å². The summed E-state index contributed by atoms with van der Waals surface area (Å²) in [7, 11) is 3.27. The molecular weight excluding hydrogens is 314 g/mol. The van der Waals surface area contributed by atoms with Crippen LogP contribution in [0.25, 0.3) is 10.8 Å². The van der Waals surface area contributed by atoms with Crippen LogP contribution in [0.1, 0.15) is 23.5 Å². The molecule has 4 nitrogen and oxygen atoms in total. The highest BCUT2D eigenvalue weighted by Gasteiger charge is 2.29. The van der Waals surface area contributed by atoms with E-state index < -0.39 is 0 Å². The third-order valence-electron chi connectivity index (χ3n) is 4.81. The van der Waals surface area contributed by atoms with Crippen LogP contribution in [0.5, 0.6) is 11.5 Å². The van der Waals surface area contributed by atoms with Crippen molar-refractivity contribution in [2.24, 2.45) is 0 Å². The molecule has 1 N–H and O–H groups in total. The highest BCUT2D eigenvalue weighted by atomic mass is 16.5. The highest BCUT2D eigenvalue weighted by Crippen LogP contribution is 2.44. The van der Waals surface area contributed by atoms with Gasteiger partial charge in [-0.25, -0.2) is 0 Å². The molecule has 1 atom stereocenters. The summed E-state index contributed by atoms with van der Waals surface area (Å²) in [6, 6.07) is 18.1. The first-order valence-corrected chi connectivity index (χ1v) is 8.24. The molecule has 0 aliphatic carbocycles. The number of nitrogens with one attached hydrogen (secondary N) is 1. The van der Waals surface area contributed by atoms with Gasteiger partial charge in [-0.2, -0.15) is 0 Å². The molecule has 0 aromatic heterocycles. The monoisotopic (exact) mass is 333 g/mol. The van der Waals surface area contributed by atoms with Crippen molar-refractivity contribution < 1.29 is 14.3 Å². The predicted molar refractivity (Wildman–Crippen MR) is 98.6 cm³/mol. The summed E-state index contributed by atoms with van der Waals surface area (Å²) in [6.07, 6.45) is 0.397. The van der Waals surface area contributed by atoms with Gasteiger partial charge in [0.1, 0.15) is 11.5 Å². The zero-order chi connectivity index (χ0) is 17.4. The Hall–Kier alpha value is -3.01. The lowest BCUT2D eigenvalue weighted by Crippen LogP contribution is -2.24. The minimum atomic E-state index is -0.0470. The van der Waals surface area contributed by atoms with Gasteiger partial charge in [0.05, 0.1) is 19.9 Å². The van der Waals surface area contributed by atoms with Gasteiger partial charge in [0, 0.05) is 29.4 Å². The average Bonchev–Trinajstić information content (AvgIpc) is 2.66. The Morgan fingerprint density at radius 2 is 1.76 bits per heavy atom. The molecule has 3 aromatic carbocycles. The first-order valence-electron chi connectivity index (χ1n) is 8.24. The SMILES string of the molecule is COc1ccc([C@H]2CC(=O)Nc3c2ccc2ccccc32)c(OC)c1. The molecule has 4 rings (SSSR count). The van der Waals surface area contributed by atoms with E-state index in [1.54, 1.807) is 14.2 Å². The van der Waals surface area contributed by atoms with E-state index >= 15 is 0 Å². The largest absolute Gasteiger partial charge is 0.497 e. The van der Waals surface area contributed by atoms with Crippen molar-refractivity contribution in [3.8, 4) is 11.5 Å². The number of hydrogen-bond acceptors (Lipinski definition) is 3. The van der Waals surface area contributed by atoms with Gasteiger partial charge in [-0.05, 0) is 17.0 Å². The lowest BCUT2D eigenvalue weighted by molar-refractivity contribution is -0.116. The summed E-state index contributed by atoms with van der Waals surface area (Å²) >= 11 is 0. The summed E-state index contributed by atoms with van der Waals surface area (Å²) in [6.45, 7) is 0. The second-order valence-electron chi connectivity index (χ2n) is 6.16. The molecule has 0 fully saturated rings. The van der Waals surface area contributed by atoms with Gasteiger partial charge in [0.2, 0.25) is 5.91 Å². The molecule has 0 bridgehead atoms. The van der Waals surface area contributed by atoms with E-state index in [4.69, 9.17) is 9.47 Å². The molecule has 25 heavy (non-hydrogen) atoms. The minimum absolute atomic E-state index is 0.0201. The lowest BCUT2D eigenvalue weighted by Gasteiger charge is -2.28. The second kappa shape index (κ2) is 6.13. The number of rotatable bonds is 3. The number of anilines is 1. The Labute approximate surface area is 146 Å². The molecule has 0 radical (unpaired) electrons. The third kappa shape index (κ3) is 2.60. The fourth-order valence-electron chi connectivity index (χ4n) is 3.59. The summed E-state index contributed by atoms with van der Waals surface area (Å²) in [5, 5.41) is 5.23. The molecule has 1 amide bonds. The van der Waals surface area contributed by atoms with Gasteiger partial charge in [-0.1, -0.05) is 42.5 Å². The van der Waals surface area contributed by atoms with Crippen molar-refractivity contribution in [3.63, 3.8) is 0 Å². The van der Waals surface area contributed by atoms with E-state index in [1.165, 1.54) is 0 Å². The standard InChI is InChI=1S/C21H19NO3/c1-24-14-8-10-16(19(11-14)25-2)18-12-20(23)22-21-15-6-4-3-5-13(15)7-9-17(18)21/h3-11,18H,12H2,1-2H3,(H,22,23)/t18-/m1/s1. The number of carbonyl (C=O) groups is 1. The molecular formula is C21H19NO3. The Kier molecular flexibility index (Phi) is 3.80. The van der Waals surface area contributed by atoms with Crippen LogP contribution in [0.2, 0.25) is 0 Å². The van der Waals surface area contributed by atoms with E-state index in [2.05, 4.69) is 23.5 Å². The molecule has 0 unspecified atom stereocenters. The molecule has 4 heteroatoms. The summed E-state index contributed by atoms with van der Waals surface area (Å²) in [5.74, 6) is 1.44. The lowest BCUT2D eigenvalue weighted by atomic mass is 9.83. The van der Waals surface area contributed by atoms with Gasteiger partial charge in [-0.3, -0.25) is 4.79 Å². The molecule has 0 saturated heterocycles. The number of carbonyl (C=O) groups excluding carboxylic acids is 1. The fourth-order valence-corrected chi connectivity index (χ4v) is 3.59. The Balaban J connectivity index is 1.91. The van der Waals surface area contributed by atoms with Crippen molar-refractivity contribution in [2.75, 3.05) is 19.5 Å². The maximum Gasteiger partial charge on any atom is 0.225 e. The van der Waals surface area contributed by atoms with Crippen molar-refractivity contribution in [1.29, 1.82) is 0 Å². The van der Waals surface area contributed by atoms with Gasteiger partial charge >= 0.3 is 0 Å². The van der Waals surface area contributed by atoms with Crippen LogP contribution in [0.4, 0.5) is 5.69 Å². The smallest absolute Gasteiger partial charge is 0.225 e. The zero-order valence-electron chi connectivity index (χ0n) is 14.2. The number of amides is 1. The normalized spacial score (nSPS) is 16.2. The maximum absolute atomic E-state index is 12.4. The summed E-state index contributed by atoms with van der Waals surface area (Å²) < 4.78 is 10.9. The minimum Gasteiger partial charge on any atom is -0.497 e. The van der Waals surface area contributed by atoms with Crippen LogP contribution < -0.4 is 14.8 Å². The Bertz CT molecular complexity index is 965. The highest BCUT2D eigenvalue weighted by molar-refractivity contribution is 6.06. The first kappa shape index (κ1) is 15.5. The topological polar surface area (TPSA) is 47.6 Å². The average molecular weight is 333 g/mol. The molecule has 1 aliphatic heterocycles. The first-order chi connectivity index (χ1) is 12.2. The zero-order valence-corrected chi connectivity index (χ0v) is 14.2. The Morgan fingerprint density at radius 3 is 2.56 bits per heavy atom. The molecule has 3 aromatic rings. The molecule has 0 saturated carbocycles. The van der Waals surface area contributed by atoms with Gasteiger partial charge in [0.25, 0.3) is 0 Å². The van der Waals surface area contributed by atoms with Crippen LogP contribution in [-0.2, 0) is 4.79 Å². The number of fused-ring (bicyclic) bond motifs is 3. The van der Waals surface area contributed by atoms with E-state index in [0.717, 1.165) is 39.1 Å². The van der Waals surface area contributed by atoms with E-state index in [9.17, 15) is 4.79 Å². The third-order valence-corrected chi connectivity index (χ3v) is 4.81. The van der Waals surface area contributed by atoms with Crippen LogP contribution in [0.15, 0.2) is 54.6 Å². The number of hydrogen-bond donors (Lipinski definition) is 1. The molecule has 1 heterocycles. The second-order valence-corrected chi connectivity index (χ2v) is 6.16. The van der Waals surface area contributed by atoms with Crippen molar-refractivity contribution in [2.45, 2.75) is 12.3 Å². The quantitative estimate of drug-likeness (QED) is 0.776. The van der Waals surface area contributed by atoms with E-state index in [0.29, 0.717) is 6.42 Å². The summed E-state index contributed by atoms with van der Waals surface area (Å²) in [5.41, 5.74) is 3.01. The van der Waals surface area contributed by atoms with Gasteiger partial charge < -0.3 is 14.8 Å². The fraction of sp³-hybridized carbons (Fsp3) is 0.190.